The third-order valence-corrected chi connectivity index (χ3v) is 7.20. The molecule has 0 unspecified atom stereocenters. The summed E-state index contributed by atoms with van der Waals surface area (Å²) in [4.78, 5) is 38.7. The van der Waals surface area contributed by atoms with Gasteiger partial charge in [0.1, 0.15) is 11.6 Å². The highest BCUT2D eigenvalue weighted by Crippen LogP contribution is 2.27. The van der Waals surface area contributed by atoms with E-state index < -0.39 is 0 Å². The lowest BCUT2D eigenvalue weighted by Gasteiger charge is -2.12. The number of rotatable bonds is 9. The summed E-state index contributed by atoms with van der Waals surface area (Å²) in [5.41, 5.74) is 2.57. The molecule has 178 valence electrons. The average Bonchev–Trinajstić information content (AvgIpc) is 3.36. The van der Waals surface area contributed by atoms with Crippen molar-refractivity contribution in [1.82, 2.24) is 14.8 Å². The number of aromatic nitrogens is 3. The van der Waals surface area contributed by atoms with Crippen LogP contribution in [0.2, 0.25) is 0 Å². The van der Waals surface area contributed by atoms with Crippen LogP contribution in [-0.2, 0) is 22.6 Å². The van der Waals surface area contributed by atoms with Crippen molar-refractivity contribution >= 4 is 34.5 Å². The number of carbonyl (C=O) groups is 3. The number of carbonyl (C=O) groups excluding carboxylic acids is 3. The SMILES string of the molecule is Cc1ccc(C(=O)CCC(=O)CCC(=O)Nc2cc(-c3nnc4n3CCCCC4)ccc2C)s1. The summed E-state index contributed by atoms with van der Waals surface area (Å²) in [6, 6.07) is 9.60. The minimum Gasteiger partial charge on any atom is -0.326 e. The second-order valence-corrected chi connectivity index (χ2v) is 10.1. The molecule has 34 heavy (non-hydrogen) atoms. The number of amides is 1. The fraction of sp³-hybridized carbons (Fsp3) is 0.423. The van der Waals surface area contributed by atoms with E-state index in [1.54, 1.807) is 6.07 Å². The molecule has 0 bridgehead atoms. The van der Waals surface area contributed by atoms with Crippen molar-refractivity contribution in [2.45, 2.75) is 71.8 Å². The first-order valence-corrected chi connectivity index (χ1v) is 12.7. The van der Waals surface area contributed by atoms with Gasteiger partial charge in [0.15, 0.2) is 11.6 Å². The number of nitrogens with zero attached hydrogens (tertiary/aromatic N) is 3. The number of Topliss-reactive ketones (excluding diaryl/α,β-unsaturated/α-hetero) is 2. The van der Waals surface area contributed by atoms with Crippen LogP contribution in [0.1, 0.15) is 70.9 Å². The Kier molecular flexibility index (Phi) is 7.67. The smallest absolute Gasteiger partial charge is 0.224 e. The molecule has 3 heterocycles. The molecular weight excluding hydrogens is 448 g/mol. The Morgan fingerprint density at radius 3 is 2.59 bits per heavy atom. The van der Waals surface area contributed by atoms with Gasteiger partial charge in [-0.2, -0.15) is 0 Å². The number of hydrogen-bond acceptors (Lipinski definition) is 6. The van der Waals surface area contributed by atoms with E-state index in [1.807, 2.05) is 38.1 Å². The second-order valence-electron chi connectivity index (χ2n) is 8.85. The lowest BCUT2D eigenvalue weighted by atomic mass is 10.1. The highest BCUT2D eigenvalue weighted by molar-refractivity contribution is 7.14. The number of nitrogens with one attached hydrogen (secondary N) is 1. The van der Waals surface area contributed by atoms with Crippen molar-refractivity contribution in [2.24, 2.45) is 0 Å². The zero-order valence-corrected chi connectivity index (χ0v) is 20.5. The quantitative estimate of drug-likeness (QED) is 0.421. The van der Waals surface area contributed by atoms with Crippen LogP contribution in [0.15, 0.2) is 30.3 Å². The van der Waals surface area contributed by atoms with Crippen LogP contribution in [0.4, 0.5) is 5.69 Å². The molecule has 1 N–H and O–H groups in total. The maximum atomic E-state index is 12.5. The maximum Gasteiger partial charge on any atom is 0.224 e. The van der Waals surface area contributed by atoms with Crippen LogP contribution in [-0.4, -0.2) is 32.2 Å². The number of benzene rings is 1. The van der Waals surface area contributed by atoms with Crippen LogP contribution < -0.4 is 5.32 Å². The summed E-state index contributed by atoms with van der Waals surface area (Å²) in [7, 11) is 0. The molecular formula is C26H30N4O3S. The molecule has 0 aliphatic carbocycles. The van der Waals surface area contributed by atoms with Crippen molar-refractivity contribution in [3.63, 3.8) is 0 Å². The summed E-state index contributed by atoms with van der Waals surface area (Å²) < 4.78 is 2.18. The molecule has 0 spiro atoms. The third kappa shape index (κ3) is 5.86. The molecule has 0 radical (unpaired) electrons. The van der Waals surface area contributed by atoms with Crippen molar-refractivity contribution in [3.05, 3.63) is 51.5 Å². The second kappa shape index (κ2) is 10.9. The Morgan fingerprint density at radius 2 is 1.79 bits per heavy atom. The van der Waals surface area contributed by atoms with Gasteiger partial charge < -0.3 is 9.88 Å². The van der Waals surface area contributed by atoms with Gasteiger partial charge in [-0.25, -0.2) is 0 Å². The molecule has 0 atom stereocenters. The number of aryl methyl sites for hydroxylation is 3. The van der Waals surface area contributed by atoms with Crippen molar-refractivity contribution in [3.8, 4) is 11.4 Å². The van der Waals surface area contributed by atoms with Gasteiger partial charge in [0.25, 0.3) is 0 Å². The molecule has 8 heteroatoms. The predicted octanol–water partition coefficient (Wildman–Crippen LogP) is 5.30. The van der Waals surface area contributed by atoms with Gasteiger partial charge >= 0.3 is 0 Å². The number of ketones is 2. The van der Waals surface area contributed by atoms with Gasteiger partial charge in [0.05, 0.1) is 4.88 Å². The summed E-state index contributed by atoms with van der Waals surface area (Å²) in [5, 5.41) is 11.7. The number of thiophene rings is 1. The van der Waals surface area contributed by atoms with Crippen molar-refractivity contribution in [1.29, 1.82) is 0 Å². The first kappa shape index (κ1) is 24.0. The van der Waals surface area contributed by atoms with Crippen molar-refractivity contribution in [2.75, 3.05) is 5.32 Å². The Labute approximate surface area is 203 Å². The zero-order valence-electron chi connectivity index (χ0n) is 19.7. The molecule has 0 saturated carbocycles. The molecule has 1 aromatic carbocycles. The number of anilines is 1. The Bertz CT molecular complexity index is 1210. The Balaban J connectivity index is 1.32. The summed E-state index contributed by atoms with van der Waals surface area (Å²) in [6.45, 7) is 4.79. The van der Waals surface area contributed by atoms with E-state index in [9.17, 15) is 14.4 Å². The number of hydrogen-bond donors (Lipinski definition) is 1. The molecule has 3 aromatic rings. The minimum atomic E-state index is -0.214. The molecule has 7 nitrogen and oxygen atoms in total. The van der Waals surface area contributed by atoms with E-state index >= 15 is 0 Å². The van der Waals surface area contributed by atoms with Crippen LogP contribution in [0, 0.1) is 13.8 Å². The monoisotopic (exact) mass is 478 g/mol. The van der Waals surface area contributed by atoms with E-state index in [4.69, 9.17) is 0 Å². The Morgan fingerprint density at radius 1 is 0.971 bits per heavy atom. The molecule has 1 aliphatic heterocycles. The fourth-order valence-corrected chi connectivity index (χ4v) is 4.98. The van der Waals surface area contributed by atoms with Crippen LogP contribution in [0.3, 0.4) is 0 Å². The van der Waals surface area contributed by atoms with E-state index in [2.05, 4.69) is 20.1 Å². The summed E-state index contributed by atoms with van der Waals surface area (Å²) in [6.07, 6.45) is 4.94. The molecule has 0 saturated heterocycles. The van der Waals surface area contributed by atoms with Gasteiger partial charge in [0, 0.05) is 54.8 Å². The van der Waals surface area contributed by atoms with Gasteiger partial charge in [-0.3, -0.25) is 14.4 Å². The van der Waals surface area contributed by atoms with Gasteiger partial charge in [-0.05, 0) is 50.5 Å². The predicted molar refractivity (Wildman–Crippen MR) is 133 cm³/mol. The van der Waals surface area contributed by atoms with Gasteiger partial charge in [-0.15, -0.1) is 21.5 Å². The van der Waals surface area contributed by atoms with Crippen LogP contribution in [0.5, 0.6) is 0 Å². The average molecular weight is 479 g/mol. The standard InChI is InChI=1S/C26H30N4O3S/c1-17-7-9-19(26-29-28-24-6-4-3-5-15-30(24)26)16-21(17)27-25(33)14-11-20(31)10-12-22(32)23-13-8-18(2)34-23/h7-9,13,16H,3-6,10-12,14-15H2,1-2H3,(H,27,33). The summed E-state index contributed by atoms with van der Waals surface area (Å²) >= 11 is 1.44. The molecule has 4 rings (SSSR count). The highest BCUT2D eigenvalue weighted by Gasteiger charge is 2.18. The van der Waals surface area contributed by atoms with Gasteiger partial charge in [-0.1, -0.05) is 18.6 Å². The first-order chi connectivity index (χ1) is 16.4. The van der Waals surface area contributed by atoms with E-state index in [0.717, 1.165) is 53.5 Å². The lowest BCUT2D eigenvalue weighted by Crippen LogP contribution is -2.14. The first-order valence-electron chi connectivity index (χ1n) is 11.8. The molecule has 1 aliphatic rings. The lowest BCUT2D eigenvalue weighted by molar-refractivity contribution is -0.122. The van der Waals surface area contributed by atoms with Gasteiger partial charge in [0.2, 0.25) is 5.91 Å². The van der Waals surface area contributed by atoms with E-state index in [1.165, 1.54) is 17.8 Å². The van der Waals surface area contributed by atoms with E-state index in [-0.39, 0.29) is 43.2 Å². The number of fused-ring (bicyclic) bond motifs is 1. The zero-order chi connectivity index (χ0) is 24.1. The third-order valence-electron chi connectivity index (χ3n) is 6.16. The normalized spacial score (nSPS) is 13.2. The fourth-order valence-electron chi connectivity index (χ4n) is 4.15. The topological polar surface area (TPSA) is 93.9 Å². The summed E-state index contributed by atoms with van der Waals surface area (Å²) in [5.74, 6) is 1.54. The molecule has 2 aromatic heterocycles. The van der Waals surface area contributed by atoms with Crippen LogP contribution >= 0.6 is 11.3 Å². The minimum absolute atomic E-state index is 0.0188. The van der Waals surface area contributed by atoms with E-state index in [0.29, 0.717) is 10.6 Å². The Hall–Kier alpha value is -3.13. The van der Waals surface area contributed by atoms with Crippen LogP contribution in [0.25, 0.3) is 11.4 Å². The largest absolute Gasteiger partial charge is 0.326 e. The highest BCUT2D eigenvalue weighted by atomic mass is 32.1. The maximum absolute atomic E-state index is 12.5. The molecule has 0 fully saturated rings. The molecule has 1 amide bonds. The van der Waals surface area contributed by atoms with Crippen molar-refractivity contribution < 1.29 is 14.4 Å².